The number of carbonyl (C=O) groups excluding carboxylic acids is 2. The third kappa shape index (κ3) is 2.92. The Hall–Kier alpha value is -1.49. The lowest BCUT2D eigenvalue weighted by molar-refractivity contribution is -0.129. The van der Waals surface area contributed by atoms with Crippen LogP contribution in [0.15, 0.2) is 30.3 Å². The average molecular weight is 279 g/mol. The highest BCUT2D eigenvalue weighted by atomic mass is 32.1. The maximum Gasteiger partial charge on any atom is 0.417 e. The van der Waals surface area contributed by atoms with Crippen LogP contribution in [0, 0.1) is 0 Å². The van der Waals surface area contributed by atoms with E-state index >= 15 is 0 Å². The van der Waals surface area contributed by atoms with Crippen LogP contribution in [0.5, 0.6) is 0 Å². The second-order valence-corrected chi connectivity index (χ2v) is 5.65. The highest BCUT2D eigenvalue weighted by Gasteiger charge is 2.43. The van der Waals surface area contributed by atoms with Gasteiger partial charge in [-0.1, -0.05) is 37.3 Å². The van der Waals surface area contributed by atoms with Crippen LogP contribution >= 0.6 is 12.6 Å². The van der Waals surface area contributed by atoms with Gasteiger partial charge in [0.05, 0.1) is 6.04 Å². The first-order valence-corrected chi connectivity index (χ1v) is 6.78. The summed E-state index contributed by atoms with van der Waals surface area (Å²) in [7, 11) is 0. The Labute approximate surface area is 118 Å². The molecule has 1 aromatic rings. The van der Waals surface area contributed by atoms with Gasteiger partial charge in [-0.15, -0.1) is 0 Å². The molecular formula is C14H17NO3S. The van der Waals surface area contributed by atoms with Gasteiger partial charge in [0.25, 0.3) is 0 Å². The fraction of sp³-hybridized carbons (Fsp3) is 0.429. The van der Waals surface area contributed by atoms with Crippen molar-refractivity contribution < 1.29 is 14.3 Å². The Morgan fingerprint density at radius 3 is 2.63 bits per heavy atom. The molecule has 5 heteroatoms. The minimum absolute atomic E-state index is 0.0803. The number of cyclic esters (lactones) is 1. The minimum Gasteiger partial charge on any atom is -0.439 e. The highest BCUT2D eigenvalue weighted by Crippen LogP contribution is 2.32. The Balaban J connectivity index is 2.17. The normalized spacial score (nSPS) is 24.2. The number of rotatable bonds is 3. The molecule has 1 aliphatic rings. The molecule has 2 amide bonds. The summed E-state index contributed by atoms with van der Waals surface area (Å²) in [6.07, 6.45) is -0.738. The SMILES string of the molecule is C[C@@H](S)CC(=O)N1C(=O)O[C@H](c2ccccc2)[C@@H]1C. The zero-order valence-electron chi connectivity index (χ0n) is 10.9. The lowest BCUT2D eigenvalue weighted by atomic mass is 10.0. The van der Waals surface area contributed by atoms with Gasteiger partial charge >= 0.3 is 6.09 Å². The first-order chi connectivity index (χ1) is 9.00. The van der Waals surface area contributed by atoms with E-state index < -0.39 is 12.2 Å². The van der Waals surface area contributed by atoms with Crippen LogP contribution in [-0.4, -0.2) is 28.2 Å². The van der Waals surface area contributed by atoms with Crippen LogP contribution in [0.25, 0.3) is 0 Å². The second kappa shape index (κ2) is 5.65. The van der Waals surface area contributed by atoms with Crippen LogP contribution < -0.4 is 0 Å². The highest BCUT2D eigenvalue weighted by molar-refractivity contribution is 7.80. The largest absolute Gasteiger partial charge is 0.439 e. The van der Waals surface area contributed by atoms with Crippen molar-refractivity contribution in [2.45, 2.75) is 37.7 Å². The van der Waals surface area contributed by atoms with Crippen LogP contribution in [-0.2, 0) is 9.53 Å². The molecule has 0 bridgehead atoms. The first-order valence-electron chi connectivity index (χ1n) is 6.26. The smallest absolute Gasteiger partial charge is 0.417 e. The van der Waals surface area contributed by atoms with Crippen molar-refractivity contribution >= 4 is 24.6 Å². The van der Waals surface area contributed by atoms with E-state index in [1.165, 1.54) is 4.90 Å². The molecular weight excluding hydrogens is 262 g/mol. The zero-order valence-corrected chi connectivity index (χ0v) is 11.8. The summed E-state index contributed by atoms with van der Waals surface area (Å²) in [5.74, 6) is -0.238. The summed E-state index contributed by atoms with van der Waals surface area (Å²) >= 11 is 4.18. The van der Waals surface area contributed by atoms with Crippen molar-refractivity contribution in [3.05, 3.63) is 35.9 Å². The molecule has 1 fully saturated rings. The maximum atomic E-state index is 12.0. The molecule has 0 N–H and O–H groups in total. The molecule has 0 spiro atoms. The van der Waals surface area contributed by atoms with Crippen LogP contribution in [0.2, 0.25) is 0 Å². The third-order valence-corrected chi connectivity index (χ3v) is 3.32. The third-order valence-electron chi connectivity index (χ3n) is 3.14. The standard InChI is InChI=1S/C14H17NO3S/c1-9(19)8-12(16)15-10(2)13(18-14(15)17)11-6-4-3-5-7-11/h3-7,9-10,13,19H,8H2,1-2H3/t9-,10+,13+/m1/s1. The Kier molecular flexibility index (Phi) is 4.14. The van der Waals surface area contributed by atoms with E-state index in [9.17, 15) is 9.59 Å². The number of imide groups is 1. The van der Waals surface area contributed by atoms with Gasteiger partial charge in [0, 0.05) is 11.7 Å². The number of ether oxygens (including phenoxy) is 1. The fourth-order valence-corrected chi connectivity index (χ4v) is 2.39. The fourth-order valence-electron chi connectivity index (χ4n) is 2.23. The molecule has 0 saturated carbocycles. The van der Waals surface area contributed by atoms with Gasteiger partial charge in [0.15, 0.2) is 0 Å². The topological polar surface area (TPSA) is 46.6 Å². The molecule has 1 saturated heterocycles. The predicted octanol–water partition coefficient (Wildman–Crippen LogP) is 2.80. The number of hydrogen-bond donors (Lipinski definition) is 1. The molecule has 1 aromatic carbocycles. The molecule has 3 atom stereocenters. The maximum absolute atomic E-state index is 12.0. The first kappa shape index (κ1) is 13.9. The summed E-state index contributed by atoms with van der Waals surface area (Å²) in [6.45, 7) is 3.64. The van der Waals surface area contributed by atoms with Gasteiger partial charge in [-0.3, -0.25) is 4.79 Å². The molecule has 4 nitrogen and oxygen atoms in total. The van der Waals surface area contributed by atoms with E-state index in [1.807, 2.05) is 44.2 Å². The molecule has 0 unspecified atom stereocenters. The van der Waals surface area contributed by atoms with E-state index in [4.69, 9.17) is 4.74 Å². The van der Waals surface area contributed by atoms with Crippen molar-refractivity contribution in [2.75, 3.05) is 0 Å². The number of thiol groups is 1. The lowest BCUT2D eigenvalue weighted by Gasteiger charge is -2.19. The molecule has 0 aromatic heterocycles. The summed E-state index contributed by atoms with van der Waals surface area (Å²) in [6, 6.07) is 9.16. The number of nitrogens with zero attached hydrogens (tertiary/aromatic N) is 1. The van der Waals surface area contributed by atoms with Crippen molar-refractivity contribution in [1.82, 2.24) is 4.90 Å². The predicted molar refractivity (Wildman–Crippen MR) is 75.0 cm³/mol. The van der Waals surface area contributed by atoms with Crippen LogP contribution in [0.1, 0.15) is 31.9 Å². The summed E-state index contributed by atoms with van der Waals surface area (Å²) < 4.78 is 5.32. The zero-order chi connectivity index (χ0) is 14.0. The van der Waals surface area contributed by atoms with E-state index in [0.717, 1.165) is 5.56 Å². The van der Waals surface area contributed by atoms with E-state index in [0.29, 0.717) is 0 Å². The molecule has 0 radical (unpaired) electrons. The molecule has 2 rings (SSSR count). The van der Waals surface area contributed by atoms with E-state index in [1.54, 1.807) is 0 Å². The average Bonchev–Trinajstić information content (AvgIpc) is 2.65. The molecule has 1 aliphatic heterocycles. The summed E-state index contributed by atoms with van der Waals surface area (Å²) in [5.41, 5.74) is 0.901. The van der Waals surface area contributed by atoms with Crippen LogP contribution in [0.4, 0.5) is 4.79 Å². The van der Waals surface area contributed by atoms with Gasteiger partial charge in [0.2, 0.25) is 5.91 Å². The van der Waals surface area contributed by atoms with E-state index in [-0.39, 0.29) is 23.6 Å². The van der Waals surface area contributed by atoms with Crippen molar-refractivity contribution in [1.29, 1.82) is 0 Å². The van der Waals surface area contributed by atoms with E-state index in [2.05, 4.69) is 12.6 Å². The lowest BCUT2D eigenvalue weighted by Crippen LogP contribution is -2.38. The quantitative estimate of drug-likeness (QED) is 0.865. The second-order valence-electron chi connectivity index (χ2n) is 4.77. The molecule has 1 heterocycles. The van der Waals surface area contributed by atoms with Gasteiger partial charge in [-0.05, 0) is 12.5 Å². The molecule has 19 heavy (non-hydrogen) atoms. The van der Waals surface area contributed by atoms with Crippen molar-refractivity contribution in [3.8, 4) is 0 Å². The summed E-state index contributed by atoms with van der Waals surface area (Å²) in [4.78, 5) is 25.1. The summed E-state index contributed by atoms with van der Waals surface area (Å²) in [5, 5.41) is -0.0803. The van der Waals surface area contributed by atoms with Crippen molar-refractivity contribution in [3.63, 3.8) is 0 Å². The number of carbonyl (C=O) groups is 2. The minimum atomic E-state index is -0.569. The number of amides is 2. The van der Waals surface area contributed by atoms with Crippen molar-refractivity contribution in [2.24, 2.45) is 0 Å². The monoisotopic (exact) mass is 279 g/mol. The Morgan fingerprint density at radius 1 is 1.42 bits per heavy atom. The Morgan fingerprint density at radius 2 is 2.05 bits per heavy atom. The molecule has 102 valence electrons. The Bertz CT molecular complexity index is 475. The van der Waals surface area contributed by atoms with Gasteiger partial charge in [0.1, 0.15) is 6.10 Å². The van der Waals surface area contributed by atoms with Gasteiger partial charge in [-0.2, -0.15) is 12.6 Å². The van der Waals surface area contributed by atoms with Gasteiger partial charge in [-0.25, -0.2) is 9.69 Å². The van der Waals surface area contributed by atoms with Crippen LogP contribution in [0.3, 0.4) is 0 Å². The number of benzene rings is 1. The molecule has 0 aliphatic carbocycles. The van der Waals surface area contributed by atoms with Gasteiger partial charge < -0.3 is 4.74 Å². The number of hydrogen-bond acceptors (Lipinski definition) is 4.